The van der Waals surface area contributed by atoms with Crippen molar-refractivity contribution in [1.29, 1.82) is 0 Å². The number of ether oxygens (including phenoxy) is 2. The molecule has 1 amide bonds. The van der Waals surface area contributed by atoms with Crippen molar-refractivity contribution in [3.05, 3.63) is 30.6 Å². The molecule has 0 aliphatic carbocycles. The average molecular weight is 423 g/mol. The molecule has 3 rings (SSSR count). The van der Waals surface area contributed by atoms with Gasteiger partial charge in [-0.2, -0.15) is 5.10 Å². The fourth-order valence-electron chi connectivity index (χ4n) is 2.91. The molecule has 0 saturated heterocycles. The molecular weight excluding hydrogens is 396 g/mol. The Bertz CT molecular complexity index is 1010. The van der Waals surface area contributed by atoms with Crippen LogP contribution in [0.4, 0.5) is 16.2 Å². The first-order valence-corrected chi connectivity index (χ1v) is 10.8. The summed E-state index contributed by atoms with van der Waals surface area (Å²) in [5, 5.41) is 6.60. The van der Waals surface area contributed by atoms with Crippen LogP contribution in [0.1, 0.15) is 34.1 Å². The SMILES string of the molecule is CCC1CN(S(=O)(=O)c2cnn(C)c2)c2cc(NC(=O)OC(C)(C)C)ccc2O1. The molecule has 9 nitrogen and oxygen atoms in total. The van der Waals surface area contributed by atoms with Crippen molar-refractivity contribution in [2.75, 3.05) is 16.2 Å². The van der Waals surface area contributed by atoms with Crippen molar-refractivity contribution in [3.63, 3.8) is 0 Å². The lowest BCUT2D eigenvalue weighted by atomic mass is 10.2. The van der Waals surface area contributed by atoms with Crippen LogP contribution in [-0.4, -0.2) is 42.5 Å². The second-order valence-corrected chi connectivity index (χ2v) is 9.71. The Hall–Kier alpha value is -2.75. The van der Waals surface area contributed by atoms with E-state index in [9.17, 15) is 13.2 Å². The van der Waals surface area contributed by atoms with Gasteiger partial charge in [-0.3, -0.25) is 14.3 Å². The lowest BCUT2D eigenvalue weighted by molar-refractivity contribution is 0.0636. The molecule has 1 N–H and O–H groups in total. The molecule has 2 heterocycles. The highest BCUT2D eigenvalue weighted by atomic mass is 32.2. The Labute approximate surface area is 170 Å². The van der Waals surface area contributed by atoms with E-state index >= 15 is 0 Å². The van der Waals surface area contributed by atoms with Gasteiger partial charge in [0.25, 0.3) is 10.0 Å². The highest BCUT2D eigenvalue weighted by Crippen LogP contribution is 2.39. The van der Waals surface area contributed by atoms with Gasteiger partial charge in [0.15, 0.2) is 0 Å². The molecule has 0 spiro atoms. The largest absolute Gasteiger partial charge is 0.486 e. The number of benzene rings is 1. The van der Waals surface area contributed by atoms with E-state index in [0.29, 0.717) is 23.5 Å². The average Bonchev–Trinajstić information content (AvgIpc) is 3.06. The van der Waals surface area contributed by atoms with Crippen molar-refractivity contribution in [2.45, 2.75) is 50.7 Å². The molecule has 0 saturated carbocycles. The summed E-state index contributed by atoms with van der Waals surface area (Å²) in [7, 11) is -2.19. The molecule has 1 aromatic carbocycles. The van der Waals surface area contributed by atoms with E-state index in [4.69, 9.17) is 9.47 Å². The van der Waals surface area contributed by atoms with Crippen LogP contribution in [0, 0.1) is 0 Å². The van der Waals surface area contributed by atoms with Gasteiger partial charge in [0, 0.05) is 18.9 Å². The van der Waals surface area contributed by atoms with Gasteiger partial charge in [-0.25, -0.2) is 13.2 Å². The first kappa shape index (κ1) is 21.0. The highest BCUT2D eigenvalue weighted by molar-refractivity contribution is 7.92. The number of hydrogen-bond donors (Lipinski definition) is 1. The monoisotopic (exact) mass is 422 g/mol. The quantitative estimate of drug-likeness (QED) is 0.812. The smallest absolute Gasteiger partial charge is 0.412 e. The van der Waals surface area contributed by atoms with Gasteiger partial charge in [0.1, 0.15) is 22.4 Å². The van der Waals surface area contributed by atoms with Crippen molar-refractivity contribution in [3.8, 4) is 5.75 Å². The first-order chi connectivity index (χ1) is 13.5. The number of nitrogens with one attached hydrogen (secondary N) is 1. The van der Waals surface area contributed by atoms with Crippen LogP contribution in [0.3, 0.4) is 0 Å². The summed E-state index contributed by atoms with van der Waals surface area (Å²) in [4.78, 5) is 12.2. The Kier molecular flexibility index (Phi) is 5.48. The van der Waals surface area contributed by atoms with Crippen molar-refractivity contribution >= 4 is 27.5 Å². The number of aromatic nitrogens is 2. The number of aryl methyl sites for hydroxylation is 1. The van der Waals surface area contributed by atoms with Gasteiger partial charge in [-0.15, -0.1) is 0 Å². The highest BCUT2D eigenvalue weighted by Gasteiger charge is 2.35. The number of carbonyl (C=O) groups is 1. The molecule has 0 radical (unpaired) electrons. The molecular formula is C19H26N4O5S. The predicted molar refractivity (Wildman–Crippen MR) is 109 cm³/mol. The normalized spacial score (nSPS) is 16.7. The third-order valence-corrected chi connectivity index (χ3v) is 5.99. The van der Waals surface area contributed by atoms with E-state index in [1.807, 2.05) is 6.92 Å². The molecule has 1 aromatic heterocycles. The zero-order valence-electron chi connectivity index (χ0n) is 17.2. The number of fused-ring (bicyclic) bond motifs is 1. The minimum atomic E-state index is -3.85. The van der Waals surface area contributed by atoms with Gasteiger partial charge in [0.05, 0.1) is 18.4 Å². The molecule has 158 valence electrons. The topological polar surface area (TPSA) is 103 Å². The number of carbonyl (C=O) groups excluding carboxylic acids is 1. The zero-order chi connectivity index (χ0) is 21.4. The van der Waals surface area contributed by atoms with Crippen LogP contribution in [0.5, 0.6) is 5.75 Å². The molecule has 1 aliphatic heterocycles. The Morgan fingerprint density at radius 2 is 2.10 bits per heavy atom. The van der Waals surface area contributed by atoms with Gasteiger partial charge >= 0.3 is 6.09 Å². The number of anilines is 2. The maximum atomic E-state index is 13.3. The summed E-state index contributed by atoms with van der Waals surface area (Å²) in [6, 6.07) is 4.87. The molecule has 1 atom stereocenters. The maximum absolute atomic E-state index is 13.3. The minimum absolute atomic E-state index is 0.0909. The second kappa shape index (κ2) is 7.58. The van der Waals surface area contributed by atoms with E-state index in [1.165, 1.54) is 21.4 Å². The minimum Gasteiger partial charge on any atom is -0.486 e. The van der Waals surface area contributed by atoms with Crippen LogP contribution >= 0.6 is 0 Å². The molecule has 0 bridgehead atoms. The van der Waals surface area contributed by atoms with Crippen LogP contribution in [0.2, 0.25) is 0 Å². The van der Waals surface area contributed by atoms with E-state index in [0.717, 1.165) is 0 Å². The lowest BCUT2D eigenvalue weighted by Crippen LogP contribution is -2.43. The van der Waals surface area contributed by atoms with Gasteiger partial charge in [-0.1, -0.05) is 6.92 Å². The standard InChI is InChI=1S/C19H26N4O5S/c1-6-14-11-23(29(25,26)15-10-20-22(5)12-15)16-9-13(7-8-17(16)27-14)21-18(24)28-19(2,3)4/h7-10,12,14H,6,11H2,1-5H3,(H,21,24). The van der Waals surface area contributed by atoms with Gasteiger partial charge in [0.2, 0.25) is 0 Å². The Morgan fingerprint density at radius 1 is 1.38 bits per heavy atom. The van der Waals surface area contributed by atoms with Crippen molar-refractivity contribution in [2.24, 2.45) is 7.05 Å². The third kappa shape index (κ3) is 4.64. The van der Waals surface area contributed by atoms with E-state index < -0.39 is 21.7 Å². The van der Waals surface area contributed by atoms with E-state index in [-0.39, 0.29) is 17.5 Å². The number of rotatable bonds is 4. The zero-order valence-corrected chi connectivity index (χ0v) is 18.0. The van der Waals surface area contributed by atoms with E-state index in [2.05, 4.69) is 10.4 Å². The number of nitrogens with zero attached hydrogens (tertiary/aromatic N) is 3. The van der Waals surface area contributed by atoms with Crippen molar-refractivity contribution < 1.29 is 22.7 Å². The Morgan fingerprint density at radius 3 is 2.69 bits per heavy atom. The molecule has 2 aromatic rings. The number of amides is 1. The van der Waals surface area contributed by atoms with Crippen LogP contribution in [0.15, 0.2) is 35.5 Å². The number of hydrogen-bond acceptors (Lipinski definition) is 6. The molecule has 10 heteroatoms. The summed E-state index contributed by atoms with van der Waals surface area (Å²) >= 11 is 0. The van der Waals surface area contributed by atoms with Gasteiger partial charge in [-0.05, 0) is 45.4 Å². The maximum Gasteiger partial charge on any atom is 0.412 e. The summed E-state index contributed by atoms with van der Waals surface area (Å²) in [6.07, 6.45) is 2.51. The summed E-state index contributed by atoms with van der Waals surface area (Å²) in [6.45, 7) is 7.39. The third-order valence-electron chi connectivity index (χ3n) is 4.26. The second-order valence-electron chi connectivity index (χ2n) is 7.84. The van der Waals surface area contributed by atoms with E-state index in [1.54, 1.807) is 46.0 Å². The summed E-state index contributed by atoms with van der Waals surface area (Å²) in [5.41, 5.74) is 0.112. The van der Waals surface area contributed by atoms with Gasteiger partial charge < -0.3 is 9.47 Å². The van der Waals surface area contributed by atoms with Crippen LogP contribution < -0.4 is 14.4 Å². The fraction of sp³-hybridized carbons (Fsp3) is 0.474. The van der Waals surface area contributed by atoms with Crippen LogP contribution in [0.25, 0.3) is 0 Å². The summed E-state index contributed by atoms with van der Waals surface area (Å²) in [5.74, 6) is 0.435. The molecule has 1 aliphatic rings. The van der Waals surface area contributed by atoms with Crippen molar-refractivity contribution in [1.82, 2.24) is 9.78 Å². The molecule has 29 heavy (non-hydrogen) atoms. The molecule has 0 fully saturated rings. The first-order valence-electron chi connectivity index (χ1n) is 9.31. The predicted octanol–water partition coefficient (Wildman–Crippen LogP) is 3.13. The van der Waals surface area contributed by atoms with Crippen LogP contribution in [-0.2, 0) is 21.8 Å². The lowest BCUT2D eigenvalue weighted by Gasteiger charge is -2.35. The summed E-state index contributed by atoms with van der Waals surface area (Å²) < 4.78 is 40.4. The molecule has 1 unspecified atom stereocenters. The number of sulfonamides is 1. The Balaban J connectivity index is 1.97. The fourth-order valence-corrected chi connectivity index (χ4v) is 4.40.